The lowest BCUT2D eigenvalue weighted by molar-refractivity contribution is -0.356. The number of hydrogen-bond acceptors (Lipinski definition) is 4. The molecule has 0 amide bonds. The molecule has 0 aliphatic heterocycles. The molecule has 0 saturated heterocycles. The molecule has 6 aromatic rings. The van der Waals surface area contributed by atoms with Gasteiger partial charge in [0.2, 0.25) is 5.65 Å². The molecule has 176 valence electrons. The molecule has 3 aromatic carbocycles. The van der Waals surface area contributed by atoms with Gasteiger partial charge in [-0.15, -0.1) is 9.78 Å². The van der Waals surface area contributed by atoms with Crippen LogP contribution in [-0.2, 0) is 5.41 Å². The number of hydrogen-bond donors (Lipinski definition) is 0. The van der Waals surface area contributed by atoms with E-state index in [1.807, 2.05) is 66.7 Å². The minimum Gasteiger partial charge on any atom is -0.250 e. The average molecular weight is 474 g/mol. The molecular weight excluding hydrogens is 448 g/mol. The summed E-state index contributed by atoms with van der Waals surface area (Å²) in [6.45, 7) is 6.57. The minimum absolute atomic E-state index is 0.0762. The Morgan fingerprint density at radius 2 is 1.53 bits per heavy atom. The summed E-state index contributed by atoms with van der Waals surface area (Å²) < 4.78 is 3.25. The highest BCUT2D eigenvalue weighted by atomic mass is 16.1. The first-order chi connectivity index (χ1) is 17.4. The van der Waals surface area contributed by atoms with E-state index in [1.54, 1.807) is 21.8 Å². The number of para-hydroxylation sites is 3. The highest BCUT2D eigenvalue weighted by Crippen LogP contribution is 2.25. The first kappa shape index (κ1) is 21.9. The Hall–Kier alpha value is -4.65. The van der Waals surface area contributed by atoms with Gasteiger partial charge in [-0.1, -0.05) is 75.4 Å². The molecule has 0 spiro atoms. The van der Waals surface area contributed by atoms with Crippen molar-refractivity contribution in [2.75, 3.05) is 0 Å². The van der Waals surface area contributed by atoms with Gasteiger partial charge in [0.05, 0.1) is 17.2 Å². The van der Waals surface area contributed by atoms with Crippen molar-refractivity contribution < 1.29 is 4.98 Å². The summed E-state index contributed by atoms with van der Waals surface area (Å²) in [6, 6.07) is 25.5. The van der Waals surface area contributed by atoms with Crippen LogP contribution in [0.4, 0.5) is 0 Å². The predicted octanol–water partition coefficient (Wildman–Crippen LogP) is 4.88. The van der Waals surface area contributed by atoms with Crippen molar-refractivity contribution in [2.45, 2.75) is 26.2 Å². The highest BCUT2D eigenvalue weighted by molar-refractivity contribution is 6.03. The molecule has 3 aromatic heterocycles. The number of H-pyrrole nitrogens is 1. The van der Waals surface area contributed by atoms with Crippen molar-refractivity contribution in [1.29, 1.82) is 0 Å². The van der Waals surface area contributed by atoms with Gasteiger partial charge in [-0.3, -0.25) is 0 Å². The standard InChI is InChI=1S/C29H24N6O/c1-29(2,3)20-15-13-19(14-16-20)17-31-35-26-24(25-27(35)33-23-12-8-7-11-22(23)32-25)28(36)34(18-30-26)21-9-5-4-6-10-21/h4-18H,1-3H3/p+1/b31-17+. The third-order valence-electron chi connectivity index (χ3n) is 6.33. The van der Waals surface area contributed by atoms with Gasteiger partial charge in [0, 0.05) is 0 Å². The summed E-state index contributed by atoms with van der Waals surface area (Å²) >= 11 is 0. The number of aromatic nitrogens is 5. The molecule has 1 N–H and O–H groups in total. The molecule has 0 bridgehead atoms. The normalized spacial score (nSPS) is 12.3. The van der Waals surface area contributed by atoms with Crippen molar-refractivity contribution >= 4 is 39.4 Å². The van der Waals surface area contributed by atoms with Gasteiger partial charge in [-0.25, -0.2) is 19.7 Å². The molecule has 36 heavy (non-hydrogen) atoms. The van der Waals surface area contributed by atoms with Crippen LogP contribution in [0.5, 0.6) is 0 Å². The lowest BCUT2D eigenvalue weighted by Crippen LogP contribution is -2.25. The molecule has 7 heteroatoms. The molecule has 7 nitrogen and oxygen atoms in total. The van der Waals surface area contributed by atoms with E-state index in [2.05, 4.69) is 37.9 Å². The van der Waals surface area contributed by atoms with E-state index in [4.69, 9.17) is 15.1 Å². The van der Waals surface area contributed by atoms with Gasteiger partial charge in [-0.2, -0.15) is 4.57 Å². The molecule has 0 radical (unpaired) electrons. The van der Waals surface area contributed by atoms with Crippen LogP contribution in [0.3, 0.4) is 0 Å². The lowest BCUT2D eigenvalue weighted by Gasteiger charge is -2.18. The van der Waals surface area contributed by atoms with Crippen molar-refractivity contribution in [3.05, 3.63) is 107 Å². The van der Waals surface area contributed by atoms with Gasteiger partial charge < -0.3 is 0 Å². The van der Waals surface area contributed by atoms with E-state index >= 15 is 0 Å². The van der Waals surface area contributed by atoms with E-state index in [1.165, 1.54) is 5.56 Å². The van der Waals surface area contributed by atoms with Crippen LogP contribution in [0.2, 0.25) is 0 Å². The zero-order valence-corrected chi connectivity index (χ0v) is 20.3. The Kier molecular flexibility index (Phi) is 5.00. The van der Waals surface area contributed by atoms with Crippen molar-refractivity contribution in [3.63, 3.8) is 0 Å². The van der Waals surface area contributed by atoms with Crippen LogP contribution in [0.15, 0.2) is 95.1 Å². The van der Waals surface area contributed by atoms with Gasteiger partial charge in [0.1, 0.15) is 11.2 Å². The molecule has 6 rings (SSSR count). The zero-order chi connectivity index (χ0) is 24.9. The number of fused-ring (bicyclic) bond motifs is 4. The number of rotatable bonds is 3. The lowest BCUT2D eigenvalue weighted by atomic mass is 9.87. The van der Waals surface area contributed by atoms with Gasteiger partial charge in [0.25, 0.3) is 5.65 Å². The molecule has 0 aliphatic carbocycles. The largest absolute Gasteiger partial charge is 0.327 e. The van der Waals surface area contributed by atoms with Crippen LogP contribution in [-0.4, -0.2) is 25.4 Å². The number of nitrogens with zero attached hydrogens (tertiary/aromatic N) is 5. The van der Waals surface area contributed by atoms with E-state index in [-0.39, 0.29) is 11.0 Å². The van der Waals surface area contributed by atoms with Crippen molar-refractivity contribution in [1.82, 2.24) is 19.2 Å². The quantitative estimate of drug-likeness (QED) is 0.344. The molecule has 3 heterocycles. The second kappa shape index (κ2) is 8.23. The maximum absolute atomic E-state index is 13.7. The topological polar surface area (TPSA) is 79.2 Å². The number of benzene rings is 3. The average Bonchev–Trinajstić information content (AvgIpc) is 3.19. The molecule has 0 aliphatic rings. The first-order valence-electron chi connectivity index (χ1n) is 11.8. The van der Waals surface area contributed by atoms with Crippen LogP contribution in [0.1, 0.15) is 31.9 Å². The Labute approximate surface area is 207 Å². The third-order valence-corrected chi connectivity index (χ3v) is 6.33. The van der Waals surface area contributed by atoms with E-state index in [9.17, 15) is 4.79 Å². The Morgan fingerprint density at radius 3 is 2.22 bits per heavy atom. The van der Waals surface area contributed by atoms with Crippen LogP contribution in [0.25, 0.3) is 38.9 Å². The minimum atomic E-state index is -0.187. The SMILES string of the molecule is CC(C)(C)c1ccc(/C=N/n2c3nc4ccccc4nc3c3c(=O)n(-c4ccccc4)c[nH+]c32)cc1. The monoisotopic (exact) mass is 473 g/mol. The maximum Gasteiger partial charge on any atom is 0.327 e. The second-order valence-corrected chi connectivity index (χ2v) is 9.82. The first-order valence-corrected chi connectivity index (χ1v) is 11.8. The molecule has 0 saturated carbocycles. The van der Waals surface area contributed by atoms with E-state index in [0.29, 0.717) is 22.2 Å². The van der Waals surface area contributed by atoms with Gasteiger partial charge >= 0.3 is 5.56 Å². The highest BCUT2D eigenvalue weighted by Gasteiger charge is 2.25. The summed E-state index contributed by atoms with van der Waals surface area (Å²) in [5, 5.41) is 5.18. The zero-order valence-electron chi connectivity index (χ0n) is 20.3. The molecule has 0 atom stereocenters. The second-order valence-electron chi connectivity index (χ2n) is 9.82. The smallest absolute Gasteiger partial charge is 0.250 e. The Morgan fingerprint density at radius 1 is 0.861 bits per heavy atom. The number of nitrogens with one attached hydrogen (secondary N) is 1. The van der Waals surface area contributed by atoms with Gasteiger partial charge in [-0.05, 0) is 40.8 Å². The summed E-state index contributed by atoms with van der Waals surface area (Å²) in [4.78, 5) is 26.6. The maximum atomic E-state index is 13.7. The van der Waals surface area contributed by atoms with Crippen LogP contribution < -0.4 is 10.5 Å². The molecule has 0 unspecified atom stereocenters. The predicted molar refractivity (Wildman–Crippen MR) is 143 cm³/mol. The fourth-order valence-electron chi connectivity index (χ4n) is 4.36. The molecule has 0 fully saturated rings. The summed E-state index contributed by atoms with van der Waals surface area (Å²) in [5.41, 5.74) is 5.88. The van der Waals surface area contributed by atoms with Crippen molar-refractivity contribution in [2.24, 2.45) is 5.10 Å². The van der Waals surface area contributed by atoms with E-state index < -0.39 is 0 Å². The summed E-state index contributed by atoms with van der Waals surface area (Å²) in [6.07, 6.45) is 3.43. The number of aromatic amines is 1. The molecular formula is C29H25N6O+. The Bertz CT molecular complexity index is 1820. The Balaban J connectivity index is 1.59. The third kappa shape index (κ3) is 3.65. The summed E-state index contributed by atoms with van der Waals surface area (Å²) in [5.74, 6) is 0. The van der Waals surface area contributed by atoms with Crippen molar-refractivity contribution in [3.8, 4) is 5.69 Å². The van der Waals surface area contributed by atoms with E-state index in [0.717, 1.165) is 22.3 Å². The fraction of sp³-hybridized carbons (Fsp3) is 0.138. The van der Waals surface area contributed by atoms with Crippen LogP contribution >= 0.6 is 0 Å². The van der Waals surface area contributed by atoms with Gasteiger partial charge in [0.15, 0.2) is 11.7 Å². The fourth-order valence-corrected chi connectivity index (χ4v) is 4.36. The van der Waals surface area contributed by atoms with Crippen LogP contribution in [0, 0.1) is 0 Å². The summed E-state index contributed by atoms with van der Waals surface area (Å²) in [7, 11) is 0.